The summed E-state index contributed by atoms with van der Waals surface area (Å²) in [6, 6.07) is 7.07. The van der Waals surface area contributed by atoms with Crippen LogP contribution in [0.2, 0.25) is 0 Å². The van der Waals surface area contributed by atoms with E-state index in [0.29, 0.717) is 73.6 Å². The van der Waals surface area contributed by atoms with Crippen molar-refractivity contribution in [2.24, 2.45) is 46.3 Å². The second kappa shape index (κ2) is 23.8. The van der Waals surface area contributed by atoms with Gasteiger partial charge in [-0.05, 0) is 160 Å². The van der Waals surface area contributed by atoms with Crippen molar-refractivity contribution in [3.05, 3.63) is 41.0 Å². The number of amides is 1. The van der Waals surface area contributed by atoms with E-state index in [1.165, 1.54) is 35.8 Å². The van der Waals surface area contributed by atoms with Gasteiger partial charge in [-0.3, -0.25) is 4.79 Å². The summed E-state index contributed by atoms with van der Waals surface area (Å²) < 4.78 is 23.8. The van der Waals surface area contributed by atoms with Crippen LogP contribution in [0.15, 0.2) is 24.3 Å². The smallest absolute Gasteiger partial charge is 0.220 e. The van der Waals surface area contributed by atoms with Gasteiger partial charge in [0, 0.05) is 60.8 Å². The van der Waals surface area contributed by atoms with Crippen molar-refractivity contribution in [3.63, 3.8) is 0 Å². The number of carbonyl (C=O) groups excluding carboxylic acids is 1. The molecule has 2 spiro atoms. The molecule has 3 aliphatic carbocycles. The molecule has 0 aromatic heterocycles. The Morgan fingerprint density at radius 3 is 2.46 bits per heavy atom. The number of aromatic hydroxyl groups is 2. The van der Waals surface area contributed by atoms with Gasteiger partial charge >= 0.3 is 0 Å². The minimum Gasteiger partial charge on any atom is -0.504 e. The quantitative estimate of drug-likeness (QED) is 0.0601. The number of aryl methyl sites for hydroxylation is 1. The van der Waals surface area contributed by atoms with E-state index in [-0.39, 0.29) is 82.2 Å². The number of phenols is 2. The second-order valence-electron chi connectivity index (χ2n) is 21.4. The summed E-state index contributed by atoms with van der Waals surface area (Å²) in [5.74, 6) is 9.56. The summed E-state index contributed by atoms with van der Waals surface area (Å²) in [4.78, 5) is 12.2. The molecule has 16 heteroatoms. The lowest BCUT2D eigenvalue weighted by Crippen LogP contribution is -2.62. The predicted octanol–water partition coefficient (Wildman–Crippen LogP) is 6.42. The van der Waals surface area contributed by atoms with Crippen molar-refractivity contribution in [2.75, 3.05) is 53.0 Å². The Hall–Kier alpha value is -3.11. The summed E-state index contributed by atoms with van der Waals surface area (Å²) in [5.41, 5.74) is 2.06. The first-order chi connectivity index (χ1) is 33.8. The van der Waals surface area contributed by atoms with Crippen LogP contribution in [0.3, 0.4) is 0 Å². The number of nitrogens with one attached hydrogen (secondary N) is 2. The largest absolute Gasteiger partial charge is 0.504 e. The van der Waals surface area contributed by atoms with Crippen molar-refractivity contribution in [3.8, 4) is 40.6 Å². The summed E-state index contributed by atoms with van der Waals surface area (Å²) >= 11 is 0. The molecule has 388 valence electrons. The Kier molecular flexibility index (Phi) is 18.1. The normalized spacial score (nSPS) is 35.4. The summed E-state index contributed by atoms with van der Waals surface area (Å²) in [5, 5.41) is 84.7. The summed E-state index contributed by atoms with van der Waals surface area (Å²) in [6.45, 7) is 4.03. The van der Waals surface area contributed by atoms with Gasteiger partial charge in [-0.1, -0.05) is 40.9 Å². The van der Waals surface area contributed by atoms with Crippen molar-refractivity contribution >= 4 is 27.5 Å². The predicted molar refractivity (Wildman–Crippen MR) is 271 cm³/mol. The molecule has 1 amide bonds. The van der Waals surface area contributed by atoms with E-state index in [1.54, 1.807) is 18.2 Å². The van der Waals surface area contributed by atoms with Gasteiger partial charge in [0.1, 0.15) is 6.79 Å². The second-order valence-corrected chi connectivity index (χ2v) is 24.0. The van der Waals surface area contributed by atoms with Crippen LogP contribution in [0.4, 0.5) is 0 Å². The molecule has 14 nitrogen and oxygen atoms in total. The number of benzene rings is 2. The highest BCUT2D eigenvalue weighted by Gasteiger charge is 2.65. The Morgan fingerprint density at radius 1 is 0.929 bits per heavy atom. The highest BCUT2D eigenvalue weighted by molar-refractivity contribution is 8.76. The average molecular weight is 1010 g/mol. The molecule has 70 heavy (non-hydrogen) atoms. The molecular weight excluding hydrogens is 933 g/mol. The van der Waals surface area contributed by atoms with Crippen LogP contribution in [0, 0.1) is 58.2 Å². The molecule has 9 N–H and O–H groups in total. The zero-order valence-corrected chi connectivity index (χ0v) is 42.9. The molecule has 2 aromatic rings. The molecule has 4 fully saturated rings. The third-order valence-electron chi connectivity index (χ3n) is 17.4. The van der Waals surface area contributed by atoms with Crippen LogP contribution >= 0.6 is 21.6 Å². The van der Waals surface area contributed by atoms with E-state index in [2.05, 4.69) is 29.4 Å². The fourth-order valence-corrected chi connectivity index (χ4v) is 16.8. The average Bonchev–Trinajstić information content (AvgIpc) is 3.81. The highest BCUT2D eigenvalue weighted by atomic mass is 33.1. The number of ether oxygens (including phenoxy) is 4. The fraction of sp³-hybridized carbons (Fsp3) is 0.722. The number of hydrogen-bond acceptors (Lipinski definition) is 15. The number of rotatable bonds is 13. The number of phenolic OH excluding ortho intramolecular Hbond substituents is 2. The lowest BCUT2D eigenvalue weighted by Gasteiger charge is -2.65. The molecule has 6 aliphatic rings. The van der Waals surface area contributed by atoms with Crippen LogP contribution in [0.5, 0.6) is 28.7 Å². The maximum absolute atomic E-state index is 12.2. The van der Waals surface area contributed by atoms with Gasteiger partial charge in [0.05, 0.1) is 44.7 Å². The van der Waals surface area contributed by atoms with Crippen LogP contribution < -0.4 is 24.8 Å². The zero-order valence-electron chi connectivity index (χ0n) is 41.3. The van der Waals surface area contributed by atoms with Crippen molar-refractivity contribution in [2.45, 2.75) is 145 Å². The van der Waals surface area contributed by atoms with E-state index < -0.39 is 37.1 Å². The van der Waals surface area contributed by atoms with Gasteiger partial charge in [0.2, 0.25) is 11.7 Å². The van der Waals surface area contributed by atoms with Crippen LogP contribution in [-0.2, 0) is 22.4 Å². The molecule has 3 saturated carbocycles. The van der Waals surface area contributed by atoms with Crippen LogP contribution in [0.1, 0.15) is 119 Å². The van der Waals surface area contributed by atoms with E-state index in [4.69, 9.17) is 18.9 Å². The van der Waals surface area contributed by atoms with Crippen molar-refractivity contribution < 1.29 is 59.5 Å². The molecule has 3 aliphatic heterocycles. The SMILES string of the molecule is COc1cc(CC2C(O)CSSC(CCO)c3cc(O)c(OC4CCC5CNCCC#CC67CC(C)CCC6C(CC(O)C6CNC(=O)C6)CCC57C4)cc3CCC(OCO)CC2O)cc(OC)c1O. The molecule has 14 unspecified atom stereocenters. The van der Waals surface area contributed by atoms with Crippen LogP contribution in [-0.4, -0.2) is 125 Å². The molecule has 14 atom stereocenters. The topological polar surface area (TPSA) is 220 Å². The Morgan fingerprint density at radius 2 is 1.73 bits per heavy atom. The Labute approximate surface area is 422 Å². The molecule has 3 heterocycles. The van der Waals surface area contributed by atoms with Gasteiger partial charge in [-0.15, -0.1) is 5.92 Å². The summed E-state index contributed by atoms with van der Waals surface area (Å²) in [7, 11) is 5.85. The van der Waals surface area contributed by atoms with E-state index in [1.807, 2.05) is 6.07 Å². The van der Waals surface area contributed by atoms with Gasteiger partial charge < -0.3 is 65.3 Å². The van der Waals surface area contributed by atoms with E-state index >= 15 is 0 Å². The van der Waals surface area contributed by atoms with Crippen molar-refractivity contribution in [1.82, 2.24) is 10.6 Å². The van der Waals surface area contributed by atoms with Gasteiger partial charge in [0.15, 0.2) is 23.0 Å². The van der Waals surface area contributed by atoms with Crippen molar-refractivity contribution in [1.29, 1.82) is 0 Å². The maximum atomic E-state index is 12.2. The van der Waals surface area contributed by atoms with Crippen LogP contribution in [0.25, 0.3) is 0 Å². The minimum absolute atomic E-state index is 0.0215. The maximum Gasteiger partial charge on any atom is 0.220 e. The van der Waals surface area contributed by atoms with E-state index in [0.717, 1.165) is 82.0 Å². The molecule has 1 saturated heterocycles. The molecule has 2 aromatic carbocycles. The van der Waals surface area contributed by atoms with Gasteiger partial charge in [-0.25, -0.2) is 0 Å². The number of hydrogen-bond donors (Lipinski definition) is 9. The third-order valence-corrected chi connectivity index (χ3v) is 20.2. The highest BCUT2D eigenvalue weighted by Crippen LogP contribution is 2.69. The number of aliphatic hydroxyl groups excluding tert-OH is 5. The fourth-order valence-electron chi connectivity index (χ4n) is 13.9. The van der Waals surface area contributed by atoms with Gasteiger partial charge in [0.25, 0.3) is 0 Å². The lowest BCUT2D eigenvalue weighted by atomic mass is 9.38. The first kappa shape index (κ1) is 53.2. The molecule has 8 rings (SSSR count). The zero-order chi connectivity index (χ0) is 49.6. The van der Waals surface area contributed by atoms with Gasteiger partial charge in [-0.2, -0.15) is 0 Å². The standard InChI is InChI=1S/C54H78N2O12S2/c1-32-6-11-42-35(21-43(59)36-23-51(63)56-28-36)12-15-53-27-39(10-8-37(53)29-55-16-5-4-14-54(42,53)26-32)68-47-22-34-7-9-38(67-31-58)24-44(60)41(18-33-19-48(65-2)52(64)49(20-33)66-3)46(62)30-69-70-50(13-17-57)40(34)25-45(47)61/h19-20,22,25,32,35-39,41-44,46,50,55,57-62,64H,5-13,15-18,21,23-24,26-31H2,1-3H3,(H,56,63). The lowest BCUT2D eigenvalue weighted by molar-refractivity contribution is -0.160. The molecular formula is C54H78N2O12S2. The molecule has 0 radical (unpaired) electrons. The first-order valence-electron chi connectivity index (χ1n) is 25.9. The monoisotopic (exact) mass is 1010 g/mol. The molecule has 0 bridgehead atoms. The number of aliphatic hydroxyl groups is 5. The first-order valence-corrected chi connectivity index (χ1v) is 28.3. The number of carbonyl (C=O) groups is 1. The number of methoxy groups -OCH3 is 2. The third kappa shape index (κ3) is 11.5. The minimum atomic E-state index is -1.03. The Balaban J connectivity index is 1.07. The summed E-state index contributed by atoms with van der Waals surface area (Å²) in [6.07, 6.45) is 7.98. The van der Waals surface area contributed by atoms with E-state index in [9.17, 15) is 40.5 Å². The Bertz CT molecular complexity index is 2130. The number of fused-ring (bicyclic) bond motifs is 1.